The summed E-state index contributed by atoms with van der Waals surface area (Å²) < 4.78 is 18.5. The van der Waals surface area contributed by atoms with Crippen molar-refractivity contribution in [2.75, 3.05) is 6.54 Å². The summed E-state index contributed by atoms with van der Waals surface area (Å²) in [6, 6.07) is 7.19. The Kier molecular flexibility index (Phi) is 2.02. The van der Waals surface area contributed by atoms with Gasteiger partial charge in [-0.3, -0.25) is 0 Å². The first-order chi connectivity index (χ1) is 6.33. The summed E-state index contributed by atoms with van der Waals surface area (Å²) in [6.07, 6.45) is 0.409. The highest BCUT2D eigenvalue weighted by atomic mass is 19.1. The Bertz CT molecular complexity index is 410. The third-order valence-electron chi connectivity index (χ3n) is 2.05. The van der Waals surface area contributed by atoms with E-state index in [0.717, 1.165) is 5.39 Å². The van der Waals surface area contributed by atoms with E-state index in [4.69, 9.17) is 10.2 Å². The zero-order chi connectivity index (χ0) is 9.26. The van der Waals surface area contributed by atoms with Crippen LogP contribution in [0.5, 0.6) is 0 Å². The second-order valence-corrected chi connectivity index (χ2v) is 2.89. The van der Waals surface area contributed by atoms with Gasteiger partial charge in [0.05, 0.1) is 6.26 Å². The lowest BCUT2D eigenvalue weighted by atomic mass is 10.1. The molecule has 2 nitrogen and oxygen atoms in total. The molecule has 1 aromatic heterocycles. The Morgan fingerprint density at radius 3 is 3.00 bits per heavy atom. The van der Waals surface area contributed by atoms with Crippen molar-refractivity contribution >= 4 is 11.0 Å². The van der Waals surface area contributed by atoms with Gasteiger partial charge in [-0.2, -0.15) is 0 Å². The van der Waals surface area contributed by atoms with Crippen molar-refractivity contribution in [1.82, 2.24) is 0 Å². The Labute approximate surface area is 75.1 Å². The van der Waals surface area contributed by atoms with Gasteiger partial charge < -0.3 is 10.2 Å². The second kappa shape index (κ2) is 3.18. The molecule has 68 valence electrons. The van der Waals surface area contributed by atoms with Crippen LogP contribution in [0.2, 0.25) is 0 Å². The summed E-state index contributed by atoms with van der Waals surface area (Å²) >= 11 is 0. The molecule has 0 aliphatic heterocycles. The first-order valence-corrected chi connectivity index (χ1v) is 4.13. The smallest absolute Gasteiger partial charge is 0.141 e. The maximum Gasteiger partial charge on any atom is 0.141 e. The first kappa shape index (κ1) is 8.26. The summed E-state index contributed by atoms with van der Waals surface area (Å²) in [7, 11) is 0. The van der Waals surface area contributed by atoms with Gasteiger partial charge in [-0.15, -0.1) is 0 Å². The fraction of sp³-hybridized carbons (Fsp3) is 0.200. The quantitative estimate of drug-likeness (QED) is 0.768. The fourth-order valence-electron chi connectivity index (χ4n) is 1.39. The summed E-state index contributed by atoms with van der Waals surface area (Å²) in [5, 5.41) is 0.911. The Morgan fingerprint density at radius 2 is 2.23 bits per heavy atom. The predicted octanol–water partition coefficient (Wildman–Crippen LogP) is 2.40. The number of hydrogen-bond acceptors (Lipinski definition) is 2. The van der Waals surface area contributed by atoms with Crippen LogP contribution >= 0.6 is 0 Å². The van der Waals surface area contributed by atoms with Crippen molar-refractivity contribution in [3.8, 4) is 0 Å². The Hall–Kier alpha value is -1.35. The number of para-hydroxylation sites is 1. The SMILES string of the molecule is NCC(F)c1cccc2ccoc12. The molecule has 13 heavy (non-hydrogen) atoms. The van der Waals surface area contributed by atoms with Gasteiger partial charge in [-0.25, -0.2) is 4.39 Å². The highest BCUT2D eigenvalue weighted by molar-refractivity contribution is 5.80. The molecule has 0 amide bonds. The van der Waals surface area contributed by atoms with E-state index in [2.05, 4.69) is 0 Å². The topological polar surface area (TPSA) is 39.2 Å². The number of halogens is 1. The van der Waals surface area contributed by atoms with Gasteiger partial charge in [-0.05, 0) is 6.07 Å². The first-order valence-electron chi connectivity index (χ1n) is 4.13. The molecule has 2 N–H and O–H groups in total. The van der Waals surface area contributed by atoms with Crippen molar-refractivity contribution < 1.29 is 8.81 Å². The molecule has 0 aliphatic rings. The third-order valence-corrected chi connectivity index (χ3v) is 2.05. The Morgan fingerprint density at radius 1 is 1.38 bits per heavy atom. The normalized spacial score (nSPS) is 13.4. The van der Waals surface area contributed by atoms with Gasteiger partial charge in [0, 0.05) is 17.5 Å². The van der Waals surface area contributed by atoms with Gasteiger partial charge in [-0.1, -0.05) is 18.2 Å². The highest BCUT2D eigenvalue weighted by Crippen LogP contribution is 2.26. The van der Waals surface area contributed by atoms with E-state index in [1.807, 2.05) is 12.1 Å². The molecule has 3 heteroatoms. The van der Waals surface area contributed by atoms with Crippen LogP contribution in [-0.2, 0) is 0 Å². The maximum atomic E-state index is 13.3. The lowest BCUT2D eigenvalue weighted by Crippen LogP contribution is -2.07. The minimum Gasteiger partial charge on any atom is -0.464 e. The highest BCUT2D eigenvalue weighted by Gasteiger charge is 2.12. The lowest BCUT2D eigenvalue weighted by molar-refractivity contribution is 0.352. The van der Waals surface area contributed by atoms with E-state index in [1.165, 1.54) is 0 Å². The predicted molar refractivity (Wildman–Crippen MR) is 49.1 cm³/mol. The summed E-state index contributed by atoms with van der Waals surface area (Å²) in [6.45, 7) is -0.0141. The van der Waals surface area contributed by atoms with E-state index in [1.54, 1.807) is 18.4 Å². The Balaban J connectivity index is 2.60. The van der Waals surface area contributed by atoms with E-state index < -0.39 is 6.17 Å². The van der Waals surface area contributed by atoms with Crippen LogP contribution in [0.25, 0.3) is 11.0 Å². The van der Waals surface area contributed by atoms with Crippen LogP contribution in [0, 0.1) is 0 Å². The molecule has 1 unspecified atom stereocenters. The molecule has 2 aromatic rings. The molecule has 1 aromatic carbocycles. The van der Waals surface area contributed by atoms with Gasteiger partial charge in [0.15, 0.2) is 0 Å². The number of alkyl halides is 1. The van der Waals surface area contributed by atoms with Gasteiger partial charge in [0.1, 0.15) is 11.8 Å². The average molecular weight is 179 g/mol. The lowest BCUT2D eigenvalue weighted by Gasteiger charge is -2.04. The number of nitrogens with two attached hydrogens (primary N) is 1. The van der Waals surface area contributed by atoms with Crippen molar-refractivity contribution in [1.29, 1.82) is 0 Å². The number of benzene rings is 1. The van der Waals surface area contributed by atoms with E-state index >= 15 is 0 Å². The largest absolute Gasteiger partial charge is 0.464 e. The summed E-state index contributed by atoms with van der Waals surface area (Å²) in [5.41, 5.74) is 6.38. The molecular formula is C10H10FNO. The van der Waals surface area contributed by atoms with Crippen molar-refractivity contribution in [3.63, 3.8) is 0 Å². The van der Waals surface area contributed by atoms with E-state index in [9.17, 15) is 4.39 Å². The van der Waals surface area contributed by atoms with E-state index in [0.29, 0.717) is 11.1 Å². The molecule has 0 saturated carbocycles. The number of hydrogen-bond donors (Lipinski definition) is 1. The monoisotopic (exact) mass is 179 g/mol. The third kappa shape index (κ3) is 1.31. The van der Waals surface area contributed by atoms with Crippen LogP contribution in [0.1, 0.15) is 11.7 Å². The average Bonchev–Trinajstić information content (AvgIpc) is 2.63. The van der Waals surface area contributed by atoms with Crippen molar-refractivity contribution in [2.24, 2.45) is 5.73 Å². The zero-order valence-corrected chi connectivity index (χ0v) is 7.03. The molecule has 0 fully saturated rings. The summed E-state index contributed by atoms with van der Waals surface area (Å²) in [5.74, 6) is 0. The van der Waals surface area contributed by atoms with Crippen LogP contribution < -0.4 is 5.73 Å². The molecular weight excluding hydrogens is 169 g/mol. The minimum absolute atomic E-state index is 0.0141. The van der Waals surface area contributed by atoms with Crippen LogP contribution in [-0.4, -0.2) is 6.54 Å². The molecule has 2 rings (SSSR count). The minimum atomic E-state index is -1.14. The fourth-order valence-corrected chi connectivity index (χ4v) is 1.39. The molecule has 0 bridgehead atoms. The molecule has 0 aliphatic carbocycles. The van der Waals surface area contributed by atoms with Crippen molar-refractivity contribution in [2.45, 2.75) is 6.17 Å². The molecule has 1 atom stereocenters. The zero-order valence-electron chi connectivity index (χ0n) is 7.03. The van der Waals surface area contributed by atoms with E-state index in [-0.39, 0.29) is 6.54 Å². The maximum absolute atomic E-state index is 13.3. The number of fused-ring (bicyclic) bond motifs is 1. The second-order valence-electron chi connectivity index (χ2n) is 2.89. The number of rotatable bonds is 2. The van der Waals surface area contributed by atoms with Crippen LogP contribution in [0.15, 0.2) is 34.9 Å². The molecule has 0 radical (unpaired) electrons. The van der Waals surface area contributed by atoms with Gasteiger partial charge in [0.25, 0.3) is 0 Å². The van der Waals surface area contributed by atoms with Crippen LogP contribution in [0.3, 0.4) is 0 Å². The van der Waals surface area contributed by atoms with Gasteiger partial charge >= 0.3 is 0 Å². The van der Waals surface area contributed by atoms with Gasteiger partial charge in [0.2, 0.25) is 0 Å². The van der Waals surface area contributed by atoms with Crippen molar-refractivity contribution in [3.05, 3.63) is 36.1 Å². The van der Waals surface area contributed by atoms with Crippen LogP contribution in [0.4, 0.5) is 4.39 Å². The number of furan rings is 1. The standard InChI is InChI=1S/C10H10FNO/c11-9(6-12)8-3-1-2-7-4-5-13-10(7)8/h1-5,9H,6,12H2. The molecule has 1 heterocycles. The summed E-state index contributed by atoms with van der Waals surface area (Å²) in [4.78, 5) is 0. The molecule has 0 saturated heterocycles. The molecule has 0 spiro atoms.